The molecule has 0 spiro atoms. The van der Waals surface area contributed by atoms with Gasteiger partial charge in [-0.3, -0.25) is 4.68 Å². The van der Waals surface area contributed by atoms with Crippen molar-refractivity contribution < 1.29 is 9.90 Å². The van der Waals surface area contributed by atoms with E-state index in [1.54, 1.807) is 0 Å². The van der Waals surface area contributed by atoms with Crippen LogP contribution in [0.15, 0.2) is 0 Å². The molecular formula is C5H5Cl3N2O2. The molecule has 1 aromatic heterocycles. The maximum atomic E-state index is 10.4. The van der Waals surface area contributed by atoms with Crippen molar-refractivity contribution in [3.8, 4) is 0 Å². The predicted octanol–water partition coefficient (Wildman–Crippen LogP) is 1.85. The number of aromatic nitrogens is 2. The molecule has 0 aromatic carbocycles. The first-order chi connectivity index (χ1) is 5.04. The van der Waals surface area contributed by atoms with Gasteiger partial charge in [-0.1, -0.05) is 23.2 Å². The maximum Gasteiger partial charge on any atom is 0.342 e. The Kier molecular flexibility index (Phi) is 3.83. The van der Waals surface area contributed by atoms with Gasteiger partial charge in [-0.15, -0.1) is 12.4 Å². The number of aryl methyl sites for hydroxylation is 1. The minimum Gasteiger partial charge on any atom is -0.477 e. The van der Waals surface area contributed by atoms with Crippen LogP contribution in [0.1, 0.15) is 10.4 Å². The van der Waals surface area contributed by atoms with Crippen LogP contribution in [-0.2, 0) is 7.05 Å². The smallest absolute Gasteiger partial charge is 0.342 e. The van der Waals surface area contributed by atoms with E-state index in [0.717, 1.165) is 0 Å². The van der Waals surface area contributed by atoms with Crippen molar-refractivity contribution in [1.29, 1.82) is 0 Å². The second kappa shape index (κ2) is 3.98. The summed E-state index contributed by atoms with van der Waals surface area (Å²) in [7, 11) is 1.51. The molecular weight excluding hydrogens is 226 g/mol. The molecule has 1 N–H and O–H groups in total. The van der Waals surface area contributed by atoms with Crippen LogP contribution in [0, 0.1) is 0 Å². The zero-order valence-electron chi connectivity index (χ0n) is 5.91. The lowest BCUT2D eigenvalue weighted by molar-refractivity contribution is 0.0697. The Hall–Kier alpha value is -0.450. The largest absolute Gasteiger partial charge is 0.477 e. The van der Waals surface area contributed by atoms with E-state index < -0.39 is 5.97 Å². The van der Waals surface area contributed by atoms with E-state index in [4.69, 9.17) is 28.3 Å². The van der Waals surface area contributed by atoms with Crippen LogP contribution < -0.4 is 0 Å². The van der Waals surface area contributed by atoms with Crippen molar-refractivity contribution in [3.05, 3.63) is 15.9 Å². The molecule has 0 aliphatic carbocycles. The Morgan fingerprint density at radius 3 is 2.25 bits per heavy atom. The standard InChI is InChI=1S/C5H4Cl2N2O2.ClH/c1-9-4(7)2(5(10)11)3(6)8-9;/h1H3,(H,10,11);1H. The normalized spacial score (nSPS) is 9.25. The summed E-state index contributed by atoms with van der Waals surface area (Å²) in [5.74, 6) is -1.17. The third-order valence-electron chi connectivity index (χ3n) is 1.15. The van der Waals surface area contributed by atoms with E-state index in [2.05, 4.69) is 5.10 Å². The van der Waals surface area contributed by atoms with Crippen molar-refractivity contribution in [3.63, 3.8) is 0 Å². The summed E-state index contributed by atoms with van der Waals surface area (Å²) < 4.78 is 1.20. The molecule has 12 heavy (non-hydrogen) atoms. The van der Waals surface area contributed by atoms with Crippen molar-refractivity contribution in [2.75, 3.05) is 0 Å². The molecule has 0 bridgehead atoms. The van der Waals surface area contributed by atoms with Gasteiger partial charge >= 0.3 is 5.97 Å². The summed E-state index contributed by atoms with van der Waals surface area (Å²) in [5, 5.41) is 12.1. The zero-order chi connectivity index (χ0) is 8.59. The molecule has 68 valence electrons. The monoisotopic (exact) mass is 230 g/mol. The van der Waals surface area contributed by atoms with Crippen molar-refractivity contribution in [1.82, 2.24) is 9.78 Å². The highest BCUT2D eigenvalue weighted by atomic mass is 35.5. The lowest BCUT2D eigenvalue weighted by Gasteiger charge is -1.89. The third-order valence-corrected chi connectivity index (χ3v) is 1.85. The molecule has 1 aromatic rings. The number of carbonyl (C=O) groups is 1. The van der Waals surface area contributed by atoms with Gasteiger partial charge in [-0.05, 0) is 0 Å². The number of carboxylic acid groups (broad SMARTS) is 1. The van der Waals surface area contributed by atoms with Crippen LogP contribution in [0.3, 0.4) is 0 Å². The first-order valence-electron chi connectivity index (χ1n) is 2.65. The van der Waals surface area contributed by atoms with Crippen LogP contribution in [0.4, 0.5) is 0 Å². The Balaban J connectivity index is 0.00000121. The molecule has 0 atom stereocenters. The van der Waals surface area contributed by atoms with Gasteiger partial charge in [0.2, 0.25) is 0 Å². The van der Waals surface area contributed by atoms with Gasteiger partial charge in [0.1, 0.15) is 10.7 Å². The summed E-state index contributed by atoms with van der Waals surface area (Å²) in [5.41, 5.74) is -0.157. The summed E-state index contributed by atoms with van der Waals surface area (Å²) in [4.78, 5) is 10.4. The molecule has 0 amide bonds. The third kappa shape index (κ3) is 1.83. The van der Waals surface area contributed by atoms with Crippen molar-refractivity contribution in [2.24, 2.45) is 7.05 Å². The SMILES string of the molecule is Cl.Cn1nc(Cl)c(C(=O)O)c1Cl. The second-order valence-electron chi connectivity index (χ2n) is 1.89. The molecule has 0 aliphatic rings. The van der Waals surface area contributed by atoms with E-state index in [1.807, 2.05) is 0 Å². The molecule has 0 radical (unpaired) electrons. The quantitative estimate of drug-likeness (QED) is 0.802. The van der Waals surface area contributed by atoms with E-state index in [-0.39, 0.29) is 28.3 Å². The van der Waals surface area contributed by atoms with E-state index in [1.165, 1.54) is 11.7 Å². The topological polar surface area (TPSA) is 55.1 Å². The summed E-state index contributed by atoms with van der Waals surface area (Å²) in [6.45, 7) is 0. The minimum absolute atomic E-state index is 0. The van der Waals surface area contributed by atoms with E-state index >= 15 is 0 Å². The fourth-order valence-electron chi connectivity index (χ4n) is 0.649. The number of carboxylic acids is 1. The number of halogens is 3. The van der Waals surface area contributed by atoms with Crippen molar-refractivity contribution in [2.45, 2.75) is 0 Å². The fourth-order valence-corrected chi connectivity index (χ4v) is 1.19. The van der Waals surface area contributed by atoms with Gasteiger partial charge in [0, 0.05) is 7.05 Å². The number of rotatable bonds is 1. The van der Waals surface area contributed by atoms with E-state index in [9.17, 15) is 4.79 Å². The Bertz CT molecular complexity index is 310. The zero-order valence-corrected chi connectivity index (χ0v) is 8.24. The number of hydrogen-bond donors (Lipinski definition) is 1. The molecule has 0 aliphatic heterocycles. The first kappa shape index (κ1) is 11.6. The lowest BCUT2D eigenvalue weighted by atomic mass is 10.4. The van der Waals surface area contributed by atoms with Crippen LogP contribution in [0.2, 0.25) is 10.3 Å². The van der Waals surface area contributed by atoms with E-state index in [0.29, 0.717) is 0 Å². The van der Waals surface area contributed by atoms with Gasteiger partial charge in [-0.25, -0.2) is 4.79 Å². The Morgan fingerprint density at radius 1 is 1.58 bits per heavy atom. The highest BCUT2D eigenvalue weighted by Crippen LogP contribution is 2.22. The predicted molar refractivity (Wildman–Crippen MR) is 47.4 cm³/mol. The second-order valence-corrected chi connectivity index (χ2v) is 2.60. The van der Waals surface area contributed by atoms with Gasteiger partial charge in [-0.2, -0.15) is 5.10 Å². The van der Waals surface area contributed by atoms with Crippen LogP contribution in [0.25, 0.3) is 0 Å². The lowest BCUT2D eigenvalue weighted by Crippen LogP contribution is -1.96. The molecule has 0 unspecified atom stereocenters. The minimum atomic E-state index is -1.17. The van der Waals surface area contributed by atoms with Gasteiger partial charge in [0.15, 0.2) is 5.15 Å². The van der Waals surface area contributed by atoms with Gasteiger partial charge in [0.05, 0.1) is 0 Å². The number of aromatic carboxylic acids is 1. The summed E-state index contributed by atoms with van der Waals surface area (Å²) in [6, 6.07) is 0. The van der Waals surface area contributed by atoms with Crippen LogP contribution in [0.5, 0.6) is 0 Å². The van der Waals surface area contributed by atoms with Crippen molar-refractivity contribution >= 4 is 41.6 Å². The Labute approximate surface area is 84.5 Å². The fraction of sp³-hybridized carbons (Fsp3) is 0.200. The van der Waals surface area contributed by atoms with Crippen LogP contribution in [-0.4, -0.2) is 20.9 Å². The molecule has 0 fully saturated rings. The average molecular weight is 231 g/mol. The maximum absolute atomic E-state index is 10.4. The van der Waals surface area contributed by atoms with Crippen LogP contribution >= 0.6 is 35.6 Å². The molecule has 0 saturated carbocycles. The van der Waals surface area contributed by atoms with Gasteiger partial charge < -0.3 is 5.11 Å². The Morgan fingerprint density at radius 2 is 2.08 bits per heavy atom. The molecule has 4 nitrogen and oxygen atoms in total. The van der Waals surface area contributed by atoms with Gasteiger partial charge in [0.25, 0.3) is 0 Å². The number of hydrogen-bond acceptors (Lipinski definition) is 2. The molecule has 1 heterocycles. The number of nitrogens with zero attached hydrogens (tertiary/aromatic N) is 2. The summed E-state index contributed by atoms with van der Waals surface area (Å²) >= 11 is 11.0. The molecule has 7 heteroatoms. The molecule has 0 saturated heterocycles. The molecule has 1 rings (SSSR count). The highest BCUT2D eigenvalue weighted by molar-refractivity contribution is 6.38. The first-order valence-corrected chi connectivity index (χ1v) is 3.41. The average Bonchev–Trinajstić information content (AvgIpc) is 2.07. The highest BCUT2D eigenvalue weighted by Gasteiger charge is 2.18. The summed E-state index contributed by atoms with van der Waals surface area (Å²) in [6.07, 6.45) is 0.